The molecule has 0 aliphatic rings. The highest BCUT2D eigenvalue weighted by molar-refractivity contribution is 5.39. The van der Waals surface area contributed by atoms with Crippen LogP contribution < -0.4 is 9.47 Å². The molecule has 2 aromatic carbocycles. The van der Waals surface area contributed by atoms with Gasteiger partial charge in [0.1, 0.15) is 6.61 Å². The highest BCUT2D eigenvalue weighted by atomic mass is 16.5. The molecule has 5 heteroatoms. The van der Waals surface area contributed by atoms with Crippen LogP contribution in [0.3, 0.4) is 0 Å². The number of nitrogens with zero attached hydrogens (tertiary/aromatic N) is 1. The molecule has 0 amide bonds. The Hall–Kier alpha value is -2.08. The van der Waals surface area contributed by atoms with Crippen LogP contribution >= 0.6 is 0 Å². The zero-order valence-corrected chi connectivity index (χ0v) is 18.0. The lowest BCUT2D eigenvalue weighted by Crippen LogP contribution is -2.30. The molecule has 2 rings (SSSR count). The van der Waals surface area contributed by atoms with E-state index in [0.717, 1.165) is 42.9 Å². The first-order chi connectivity index (χ1) is 14.8. The van der Waals surface area contributed by atoms with E-state index in [4.69, 9.17) is 19.7 Å². The normalized spacial score (nSPS) is 11.0. The zero-order chi connectivity index (χ0) is 21.3. The largest absolute Gasteiger partial charge is 0.490 e. The van der Waals surface area contributed by atoms with Crippen LogP contribution in [0.15, 0.2) is 54.6 Å². The monoisotopic (exact) mass is 415 g/mol. The maximum atomic E-state index is 9.03. The van der Waals surface area contributed by atoms with Crippen LogP contribution in [-0.2, 0) is 6.61 Å². The van der Waals surface area contributed by atoms with Gasteiger partial charge >= 0.3 is 0 Å². The van der Waals surface area contributed by atoms with Gasteiger partial charge in [-0.1, -0.05) is 68.1 Å². The maximum Gasteiger partial charge on any atom is 0.161 e. The summed E-state index contributed by atoms with van der Waals surface area (Å²) in [5.41, 5.74) is 1.14. The highest BCUT2D eigenvalue weighted by Crippen LogP contribution is 2.27. The predicted molar refractivity (Wildman–Crippen MR) is 121 cm³/mol. The summed E-state index contributed by atoms with van der Waals surface area (Å²) in [6, 6.07) is 18.0. The molecule has 0 aromatic heterocycles. The Kier molecular flexibility index (Phi) is 12.7. The molecule has 0 atom stereocenters. The van der Waals surface area contributed by atoms with E-state index in [2.05, 4.69) is 17.0 Å². The number of aliphatic hydroxyl groups excluding tert-OH is 2. The van der Waals surface area contributed by atoms with E-state index >= 15 is 0 Å². The van der Waals surface area contributed by atoms with Crippen LogP contribution in [-0.4, -0.2) is 54.6 Å². The molecule has 0 unspecified atom stereocenters. The van der Waals surface area contributed by atoms with E-state index in [1.54, 1.807) is 0 Å². The Bertz CT molecular complexity index is 659. The van der Waals surface area contributed by atoms with Crippen LogP contribution in [0.1, 0.15) is 44.1 Å². The van der Waals surface area contributed by atoms with Gasteiger partial charge in [-0.05, 0) is 37.1 Å². The number of ether oxygens (including phenoxy) is 2. The van der Waals surface area contributed by atoms with Crippen molar-refractivity contribution >= 4 is 0 Å². The second kappa shape index (κ2) is 15.7. The third-order valence-electron chi connectivity index (χ3n) is 5.05. The first-order valence-electron chi connectivity index (χ1n) is 11.2. The van der Waals surface area contributed by atoms with Gasteiger partial charge in [-0.3, -0.25) is 4.90 Å². The standard InChI is InChI=1S/C25H37NO4/c27-19-17-26(18-20-28)16-10-3-1-2-4-11-21-29-24-14-8-9-15-25(24)30-22-23-12-6-5-7-13-23/h5-9,12-15,27-28H,1-4,10-11,16-22H2. The second-order valence-electron chi connectivity index (χ2n) is 7.48. The minimum absolute atomic E-state index is 0.153. The minimum atomic E-state index is 0.153. The summed E-state index contributed by atoms with van der Waals surface area (Å²) >= 11 is 0. The Morgan fingerprint density at radius 2 is 1.17 bits per heavy atom. The lowest BCUT2D eigenvalue weighted by Gasteiger charge is -2.19. The van der Waals surface area contributed by atoms with E-state index in [1.165, 1.54) is 19.3 Å². The maximum absolute atomic E-state index is 9.03. The highest BCUT2D eigenvalue weighted by Gasteiger charge is 2.05. The average molecular weight is 416 g/mol. The molecule has 30 heavy (non-hydrogen) atoms. The number of aliphatic hydroxyl groups is 2. The van der Waals surface area contributed by atoms with Crippen molar-refractivity contribution < 1.29 is 19.7 Å². The first-order valence-corrected chi connectivity index (χ1v) is 11.2. The number of hydrogen-bond donors (Lipinski definition) is 2. The summed E-state index contributed by atoms with van der Waals surface area (Å²) in [7, 11) is 0. The van der Waals surface area contributed by atoms with E-state index in [9.17, 15) is 0 Å². The summed E-state index contributed by atoms with van der Waals surface area (Å²) in [6.07, 6.45) is 6.91. The molecule has 0 spiro atoms. The van der Waals surface area contributed by atoms with Crippen molar-refractivity contribution in [1.82, 2.24) is 4.90 Å². The van der Waals surface area contributed by atoms with Crippen LogP contribution in [0, 0.1) is 0 Å². The van der Waals surface area contributed by atoms with Crippen LogP contribution in [0.5, 0.6) is 11.5 Å². The van der Waals surface area contributed by atoms with Crippen molar-refractivity contribution in [1.29, 1.82) is 0 Å². The average Bonchev–Trinajstić information content (AvgIpc) is 2.78. The number of rotatable bonds is 17. The molecule has 0 heterocycles. The molecular weight excluding hydrogens is 378 g/mol. The summed E-state index contributed by atoms with van der Waals surface area (Å²) in [5.74, 6) is 1.60. The van der Waals surface area contributed by atoms with Crippen molar-refractivity contribution in [3.63, 3.8) is 0 Å². The smallest absolute Gasteiger partial charge is 0.161 e. The van der Waals surface area contributed by atoms with Crippen LogP contribution in [0.4, 0.5) is 0 Å². The Labute approximate surface area is 181 Å². The number of benzene rings is 2. The fraction of sp³-hybridized carbons (Fsp3) is 0.520. The molecule has 0 fully saturated rings. The predicted octanol–water partition coefficient (Wildman–Crippen LogP) is 4.27. The number of unbranched alkanes of at least 4 members (excludes halogenated alkanes) is 5. The summed E-state index contributed by atoms with van der Waals surface area (Å²) in [6.45, 7) is 3.79. The lowest BCUT2D eigenvalue weighted by molar-refractivity contribution is 0.159. The van der Waals surface area contributed by atoms with Crippen molar-refractivity contribution in [3.8, 4) is 11.5 Å². The fourth-order valence-electron chi connectivity index (χ4n) is 3.37. The molecule has 0 aliphatic heterocycles. The SMILES string of the molecule is OCCN(CCO)CCCCCCCCOc1ccccc1OCc1ccccc1. The molecule has 0 saturated carbocycles. The summed E-state index contributed by atoms with van der Waals surface area (Å²) in [5, 5.41) is 18.1. The first kappa shape index (κ1) is 24.2. The van der Waals surface area contributed by atoms with Gasteiger partial charge in [0.2, 0.25) is 0 Å². The lowest BCUT2D eigenvalue weighted by atomic mass is 10.1. The fourth-order valence-corrected chi connectivity index (χ4v) is 3.37. The minimum Gasteiger partial charge on any atom is -0.490 e. The zero-order valence-electron chi connectivity index (χ0n) is 18.0. The molecule has 2 aromatic rings. The van der Waals surface area contributed by atoms with Crippen molar-refractivity contribution in [2.24, 2.45) is 0 Å². The van der Waals surface area contributed by atoms with E-state index in [-0.39, 0.29) is 13.2 Å². The van der Waals surface area contributed by atoms with E-state index < -0.39 is 0 Å². The van der Waals surface area contributed by atoms with E-state index in [1.807, 2.05) is 42.5 Å². The second-order valence-corrected chi connectivity index (χ2v) is 7.48. The summed E-state index contributed by atoms with van der Waals surface area (Å²) in [4.78, 5) is 2.12. The van der Waals surface area contributed by atoms with Crippen molar-refractivity contribution in [2.45, 2.75) is 45.1 Å². The molecular formula is C25H37NO4. The van der Waals surface area contributed by atoms with Gasteiger partial charge < -0.3 is 19.7 Å². The van der Waals surface area contributed by atoms with Gasteiger partial charge in [-0.2, -0.15) is 0 Å². The van der Waals surface area contributed by atoms with Gasteiger partial charge in [0, 0.05) is 13.1 Å². The van der Waals surface area contributed by atoms with Crippen molar-refractivity contribution in [2.75, 3.05) is 39.5 Å². The number of para-hydroxylation sites is 2. The third kappa shape index (κ3) is 10.1. The topological polar surface area (TPSA) is 62.2 Å². The van der Waals surface area contributed by atoms with Crippen LogP contribution in [0.25, 0.3) is 0 Å². The van der Waals surface area contributed by atoms with Gasteiger partial charge in [0.25, 0.3) is 0 Å². The summed E-state index contributed by atoms with van der Waals surface area (Å²) < 4.78 is 11.9. The quantitative estimate of drug-likeness (QED) is 0.378. The van der Waals surface area contributed by atoms with Gasteiger partial charge in [-0.15, -0.1) is 0 Å². The molecule has 0 bridgehead atoms. The van der Waals surface area contributed by atoms with Gasteiger partial charge in [-0.25, -0.2) is 0 Å². The molecule has 0 saturated heterocycles. The third-order valence-corrected chi connectivity index (χ3v) is 5.05. The Morgan fingerprint density at radius 1 is 0.600 bits per heavy atom. The Morgan fingerprint density at radius 3 is 1.83 bits per heavy atom. The van der Waals surface area contributed by atoms with Crippen molar-refractivity contribution in [3.05, 3.63) is 60.2 Å². The molecule has 166 valence electrons. The van der Waals surface area contributed by atoms with E-state index in [0.29, 0.717) is 26.3 Å². The number of hydrogen-bond acceptors (Lipinski definition) is 5. The Balaban J connectivity index is 1.55. The van der Waals surface area contributed by atoms with Crippen LogP contribution in [0.2, 0.25) is 0 Å². The molecule has 0 aliphatic carbocycles. The molecule has 5 nitrogen and oxygen atoms in total. The molecule has 0 radical (unpaired) electrons. The molecule has 2 N–H and O–H groups in total. The van der Waals surface area contributed by atoms with Gasteiger partial charge in [0.05, 0.1) is 19.8 Å². The van der Waals surface area contributed by atoms with Gasteiger partial charge in [0.15, 0.2) is 11.5 Å².